The molecule has 0 radical (unpaired) electrons. The van der Waals surface area contributed by atoms with Crippen molar-refractivity contribution >= 4 is 21.9 Å². The molecular weight excluding hydrogens is 524 g/mol. The average molecular weight is 558 g/mol. The molecule has 41 heavy (non-hydrogen) atoms. The average Bonchev–Trinajstić information content (AvgIpc) is 3.72. The van der Waals surface area contributed by atoms with Crippen molar-refractivity contribution in [1.29, 1.82) is 0 Å². The van der Waals surface area contributed by atoms with Crippen LogP contribution in [0.2, 0.25) is 0 Å². The van der Waals surface area contributed by atoms with E-state index in [1.807, 2.05) is 36.7 Å². The smallest absolute Gasteiger partial charge is 0.153 e. The van der Waals surface area contributed by atoms with Gasteiger partial charge in [-0.15, -0.1) is 5.10 Å². The van der Waals surface area contributed by atoms with Crippen molar-refractivity contribution in [3.8, 4) is 11.3 Å². The van der Waals surface area contributed by atoms with Crippen LogP contribution in [0.15, 0.2) is 48.7 Å². The van der Waals surface area contributed by atoms with Gasteiger partial charge in [-0.1, -0.05) is 35.5 Å². The molecule has 5 aromatic rings. The van der Waals surface area contributed by atoms with Gasteiger partial charge in [-0.2, -0.15) is 0 Å². The molecule has 4 heterocycles. The number of aromatic nitrogens is 5. The molecule has 1 N–H and O–H groups in total. The molecule has 0 amide bonds. The fourth-order valence-corrected chi connectivity index (χ4v) is 6.84. The molecule has 2 aromatic carbocycles. The third-order valence-electron chi connectivity index (χ3n) is 9.14. The zero-order chi connectivity index (χ0) is 28.5. The lowest BCUT2D eigenvalue weighted by Gasteiger charge is -2.33. The molecule has 1 aliphatic carbocycles. The van der Waals surface area contributed by atoms with Crippen molar-refractivity contribution in [2.24, 2.45) is 18.9 Å². The zero-order valence-electron chi connectivity index (χ0n) is 23.4. The Morgan fingerprint density at radius 3 is 2.51 bits per heavy atom. The van der Waals surface area contributed by atoms with Gasteiger partial charge in [0.2, 0.25) is 0 Å². The SMILES string of the molecule is Cc1nnn(C)c1-c1cnc2c3ccc(C(C)(O)C4CC4)c(F)c3n(C(c3ccccc3F)C3CCOCC3)c2c1. The number of nitrogens with zero attached hydrogens (tertiary/aromatic N) is 5. The Hall–Kier alpha value is -3.69. The van der Waals surface area contributed by atoms with E-state index in [0.29, 0.717) is 53.6 Å². The van der Waals surface area contributed by atoms with Crippen LogP contribution in [0, 0.1) is 30.4 Å². The summed E-state index contributed by atoms with van der Waals surface area (Å²) in [5, 5.41) is 20.5. The van der Waals surface area contributed by atoms with E-state index in [9.17, 15) is 5.11 Å². The zero-order valence-corrected chi connectivity index (χ0v) is 23.4. The van der Waals surface area contributed by atoms with Gasteiger partial charge in [0, 0.05) is 48.5 Å². The van der Waals surface area contributed by atoms with Crippen LogP contribution in [0.1, 0.15) is 55.5 Å². The Balaban J connectivity index is 1.58. The monoisotopic (exact) mass is 557 g/mol. The normalized spacial score (nSPS) is 18.7. The third kappa shape index (κ3) is 4.16. The largest absolute Gasteiger partial charge is 0.385 e. The minimum absolute atomic E-state index is 0.00443. The molecular formula is C32H33F2N5O2. The van der Waals surface area contributed by atoms with E-state index in [2.05, 4.69) is 10.3 Å². The molecule has 2 aliphatic rings. The van der Waals surface area contributed by atoms with Crippen LogP contribution in [-0.4, -0.2) is 42.9 Å². The van der Waals surface area contributed by atoms with E-state index in [1.165, 1.54) is 6.07 Å². The molecule has 2 unspecified atom stereocenters. The second kappa shape index (κ2) is 9.70. The predicted molar refractivity (Wildman–Crippen MR) is 152 cm³/mol. The number of aliphatic hydroxyl groups is 1. The fourth-order valence-electron chi connectivity index (χ4n) is 6.84. The highest BCUT2D eigenvalue weighted by atomic mass is 19.1. The van der Waals surface area contributed by atoms with E-state index in [1.54, 1.807) is 36.0 Å². The van der Waals surface area contributed by atoms with Gasteiger partial charge >= 0.3 is 0 Å². The van der Waals surface area contributed by atoms with E-state index in [4.69, 9.17) is 9.72 Å². The summed E-state index contributed by atoms with van der Waals surface area (Å²) >= 11 is 0. The number of ether oxygens (including phenoxy) is 1. The van der Waals surface area contributed by atoms with Crippen LogP contribution in [0.4, 0.5) is 8.78 Å². The van der Waals surface area contributed by atoms with Gasteiger partial charge in [-0.3, -0.25) is 4.98 Å². The van der Waals surface area contributed by atoms with Gasteiger partial charge in [-0.05, 0) is 63.5 Å². The molecule has 0 spiro atoms. The summed E-state index contributed by atoms with van der Waals surface area (Å²) in [7, 11) is 1.82. The number of halogens is 2. The van der Waals surface area contributed by atoms with Crippen molar-refractivity contribution in [2.75, 3.05) is 13.2 Å². The van der Waals surface area contributed by atoms with Gasteiger partial charge in [0.1, 0.15) is 5.82 Å². The molecule has 1 saturated heterocycles. The van der Waals surface area contributed by atoms with E-state index in [-0.39, 0.29) is 23.2 Å². The summed E-state index contributed by atoms with van der Waals surface area (Å²) in [6, 6.07) is 11.8. The molecule has 1 aliphatic heterocycles. The molecule has 0 bridgehead atoms. The Kier molecular flexibility index (Phi) is 6.21. The minimum atomic E-state index is -1.30. The topological polar surface area (TPSA) is 78.0 Å². The molecule has 9 heteroatoms. The summed E-state index contributed by atoms with van der Waals surface area (Å²) in [5.41, 5.74) is 3.47. The highest BCUT2D eigenvalue weighted by Gasteiger charge is 2.44. The standard InChI is InChI=1S/C32H33F2N5O2/c1-18-29(38(3)37-36-18)20-16-26-28(35-17-20)23-10-11-24(32(2,40)21-8-9-21)27(34)31(23)39(26)30(19-12-14-41-15-13-19)22-6-4-5-7-25(22)33/h4-7,10-11,16-17,19,21,30,40H,8-9,12-15H2,1-3H3. The lowest BCUT2D eigenvalue weighted by molar-refractivity contribution is 0.0297. The van der Waals surface area contributed by atoms with Gasteiger partial charge in [-0.25, -0.2) is 13.5 Å². The maximum atomic E-state index is 16.9. The van der Waals surface area contributed by atoms with E-state index < -0.39 is 17.5 Å². The first-order valence-electron chi connectivity index (χ1n) is 14.3. The van der Waals surface area contributed by atoms with Gasteiger partial charge in [0.25, 0.3) is 0 Å². The second-order valence-electron chi connectivity index (χ2n) is 11.8. The fraction of sp³-hybridized carbons (Fsp3) is 0.406. The first-order valence-corrected chi connectivity index (χ1v) is 14.3. The second-order valence-corrected chi connectivity index (χ2v) is 11.8. The number of fused-ring (bicyclic) bond motifs is 3. The predicted octanol–water partition coefficient (Wildman–Crippen LogP) is 6.21. The number of hydrogen-bond donors (Lipinski definition) is 1. The summed E-state index contributed by atoms with van der Waals surface area (Å²) in [4.78, 5) is 4.85. The summed E-state index contributed by atoms with van der Waals surface area (Å²) in [5.74, 6) is -0.813. The third-order valence-corrected chi connectivity index (χ3v) is 9.14. The van der Waals surface area contributed by atoms with Gasteiger partial charge < -0.3 is 14.4 Å². The van der Waals surface area contributed by atoms with E-state index in [0.717, 1.165) is 29.8 Å². The van der Waals surface area contributed by atoms with Crippen LogP contribution in [-0.2, 0) is 17.4 Å². The molecule has 212 valence electrons. The van der Waals surface area contributed by atoms with Crippen molar-refractivity contribution in [1.82, 2.24) is 24.5 Å². The molecule has 3 aromatic heterocycles. The Morgan fingerprint density at radius 2 is 1.83 bits per heavy atom. The summed E-state index contributed by atoms with van der Waals surface area (Å²) in [6.07, 6.45) is 4.89. The highest BCUT2D eigenvalue weighted by molar-refractivity contribution is 6.07. The Bertz CT molecular complexity index is 1760. The maximum Gasteiger partial charge on any atom is 0.153 e. The highest BCUT2D eigenvalue weighted by Crippen LogP contribution is 2.49. The van der Waals surface area contributed by atoms with Crippen molar-refractivity contribution < 1.29 is 18.6 Å². The molecule has 2 atom stereocenters. The Morgan fingerprint density at radius 1 is 1.07 bits per heavy atom. The van der Waals surface area contributed by atoms with Crippen LogP contribution >= 0.6 is 0 Å². The quantitative estimate of drug-likeness (QED) is 0.269. The maximum absolute atomic E-state index is 16.9. The van der Waals surface area contributed by atoms with Gasteiger partial charge in [0.05, 0.1) is 39.6 Å². The van der Waals surface area contributed by atoms with E-state index >= 15 is 8.78 Å². The van der Waals surface area contributed by atoms with Crippen molar-refractivity contribution in [3.05, 3.63) is 77.1 Å². The van der Waals surface area contributed by atoms with Gasteiger partial charge in [0.15, 0.2) is 5.82 Å². The first kappa shape index (κ1) is 26.2. The number of hydrogen-bond acceptors (Lipinski definition) is 5. The minimum Gasteiger partial charge on any atom is -0.385 e. The first-order chi connectivity index (χ1) is 19.8. The van der Waals surface area contributed by atoms with Crippen LogP contribution < -0.4 is 0 Å². The van der Waals surface area contributed by atoms with Crippen LogP contribution in [0.25, 0.3) is 33.2 Å². The molecule has 2 fully saturated rings. The number of benzene rings is 2. The van der Waals surface area contributed by atoms with Crippen molar-refractivity contribution in [2.45, 2.75) is 51.2 Å². The van der Waals surface area contributed by atoms with Crippen LogP contribution in [0.5, 0.6) is 0 Å². The summed E-state index contributed by atoms with van der Waals surface area (Å²) in [6.45, 7) is 4.70. The number of rotatable bonds is 6. The number of pyridine rings is 1. The number of aryl methyl sites for hydroxylation is 2. The molecule has 7 rings (SSSR count). The van der Waals surface area contributed by atoms with Crippen molar-refractivity contribution in [3.63, 3.8) is 0 Å². The lowest BCUT2D eigenvalue weighted by Crippen LogP contribution is -2.28. The lowest BCUT2D eigenvalue weighted by atomic mass is 9.86. The van der Waals surface area contributed by atoms with Crippen LogP contribution in [0.3, 0.4) is 0 Å². The summed E-state index contributed by atoms with van der Waals surface area (Å²) < 4.78 is 41.9. The molecule has 7 nitrogen and oxygen atoms in total. The molecule has 1 saturated carbocycles. The Labute approximate surface area is 236 Å².